The van der Waals surface area contributed by atoms with Crippen LogP contribution in [0.3, 0.4) is 0 Å². The number of amides is 2. The lowest BCUT2D eigenvalue weighted by atomic mass is 9.81. The van der Waals surface area contributed by atoms with Crippen LogP contribution in [-0.4, -0.2) is 129 Å². The van der Waals surface area contributed by atoms with Crippen LogP contribution in [-0.2, 0) is 62.1 Å². The number of Topliss-reactive ketones (excluding diaryl/α,β-unsaturated/α-hetero) is 5. The molecule has 0 aliphatic carbocycles. The van der Waals surface area contributed by atoms with E-state index in [2.05, 4.69) is 10.6 Å². The van der Waals surface area contributed by atoms with Crippen LogP contribution < -0.4 is 10.6 Å². The Morgan fingerprint density at radius 1 is 0.457 bits per heavy atom. The summed E-state index contributed by atoms with van der Waals surface area (Å²) in [5, 5.41) is 23.7. The number of carboxylic acid groups (broad SMARTS) is 2. The number of ketones is 5. The highest BCUT2D eigenvalue weighted by Gasteiger charge is 2.28. The lowest BCUT2D eigenvalue weighted by molar-refractivity contribution is -0.144. The van der Waals surface area contributed by atoms with E-state index < -0.39 is 29.2 Å². The molecule has 0 spiro atoms. The first-order valence-corrected chi connectivity index (χ1v) is 26.3. The highest BCUT2D eigenvalue weighted by atomic mass is 16.5. The van der Waals surface area contributed by atoms with Gasteiger partial charge in [-0.25, -0.2) is 0 Å². The molecule has 4 N–H and O–H groups in total. The number of unbranched alkanes of at least 4 members (excludes halogenated alkanes) is 14. The minimum Gasteiger partial charge on any atom is -0.481 e. The number of hydrogen-bond acceptors (Lipinski definition) is 13. The number of carboxylic acids is 2. The second-order valence-electron chi connectivity index (χ2n) is 19.6. The van der Waals surface area contributed by atoms with Crippen LogP contribution >= 0.6 is 0 Å². The van der Waals surface area contributed by atoms with Crippen molar-refractivity contribution in [3.05, 3.63) is 0 Å². The van der Waals surface area contributed by atoms with Gasteiger partial charge in [-0.2, -0.15) is 0 Å². The summed E-state index contributed by atoms with van der Waals surface area (Å²) in [6.45, 7) is 8.66. The van der Waals surface area contributed by atoms with Crippen molar-refractivity contribution < 1.29 is 75.2 Å². The Morgan fingerprint density at radius 2 is 0.943 bits per heavy atom. The number of hydrogen-bond donors (Lipinski definition) is 4. The van der Waals surface area contributed by atoms with Crippen LogP contribution in [0.5, 0.6) is 0 Å². The summed E-state index contributed by atoms with van der Waals surface area (Å²) >= 11 is 0. The Kier molecular flexibility index (Phi) is 41.4. The Hall–Kier alpha value is -3.93. The molecule has 0 radical (unpaired) electrons. The molecular weight excluding hydrogens is 905 g/mol. The smallest absolute Gasteiger partial charge is 0.306 e. The molecule has 0 aliphatic rings. The number of carbonyl (C=O) groups is 9. The van der Waals surface area contributed by atoms with Gasteiger partial charge in [0.2, 0.25) is 11.8 Å². The fraction of sp³-hybridized carbons (Fsp3) is 0.830. The Labute approximate surface area is 421 Å². The molecule has 0 aromatic heterocycles. The van der Waals surface area contributed by atoms with Crippen molar-refractivity contribution in [2.45, 2.75) is 201 Å². The normalized spacial score (nSPS) is 12.3. The number of ether oxygens (including phenoxy) is 4. The van der Waals surface area contributed by atoms with Gasteiger partial charge in [0.25, 0.3) is 0 Å². The van der Waals surface area contributed by atoms with Gasteiger partial charge in [-0.1, -0.05) is 104 Å². The Bertz CT molecular complexity index is 1510. The summed E-state index contributed by atoms with van der Waals surface area (Å²) in [5.74, 6) is -3.93. The molecule has 0 saturated carbocycles. The zero-order valence-corrected chi connectivity index (χ0v) is 43.5. The molecular formula is C53H96N2O15. The Balaban J connectivity index is -0.0000238. The molecule has 2 atom stereocenters. The largest absolute Gasteiger partial charge is 0.481 e. The first kappa shape index (κ1) is 66.1. The van der Waals surface area contributed by atoms with Gasteiger partial charge in [0.05, 0.1) is 39.0 Å². The molecule has 0 rings (SSSR count). The van der Waals surface area contributed by atoms with Gasteiger partial charge < -0.3 is 44.6 Å². The van der Waals surface area contributed by atoms with Crippen molar-refractivity contribution in [2.24, 2.45) is 17.3 Å². The summed E-state index contributed by atoms with van der Waals surface area (Å²) in [4.78, 5) is 108. The van der Waals surface area contributed by atoms with Crippen molar-refractivity contribution in [1.29, 1.82) is 0 Å². The first-order chi connectivity index (χ1) is 33.4. The molecule has 0 saturated heterocycles. The summed E-state index contributed by atoms with van der Waals surface area (Å²) < 4.78 is 21.6. The lowest BCUT2D eigenvalue weighted by Crippen LogP contribution is -2.31. The minimum atomic E-state index is -1.05. The predicted octanol–water partition coefficient (Wildman–Crippen LogP) is 8.62. The SMILES string of the molecule is CC(=O)CCC(=O)[C@H](CCCCNC(=O)COCCOCCNC(=O)COCCOCCCC(=O)CC[C@H](CC(=O)CCCCCCCCCCCCCCCCC(=O)O)C(=O)O)CC(=O)C(C)(C)C.[HH].[HH]. The van der Waals surface area contributed by atoms with Crippen molar-refractivity contribution in [1.82, 2.24) is 10.6 Å². The van der Waals surface area contributed by atoms with Gasteiger partial charge in [0.15, 0.2) is 0 Å². The number of rotatable bonds is 51. The lowest BCUT2D eigenvalue weighted by Gasteiger charge is -2.21. The summed E-state index contributed by atoms with van der Waals surface area (Å²) in [5.41, 5.74) is -0.551. The van der Waals surface area contributed by atoms with Crippen LogP contribution in [0, 0.1) is 17.3 Å². The van der Waals surface area contributed by atoms with Gasteiger partial charge in [0, 0.05) is 85.2 Å². The molecule has 408 valence electrons. The average Bonchev–Trinajstić information content (AvgIpc) is 3.29. The van der Waals surface area contributed by atoms with Crippen LogP contribution in [0.15, 0.2) is 0 Å². The number of carbonyl (C=O) groups excluding carboxylic acids is 7. The molecule has 0 fully saturated rings. The van der Waals surface area contributed by atoms with Crippen molar-refractivity contribution in [3.8, 4) is 0 Å². The molecule has 0 aromatic carbocycles. The standard InChI is InChI=1S/C53H92N2O15.2H2/c1-42(56)26-29-47(59)43(39-48(60)53(2,3)4)22-19-20-30-54-49(61)40-70-37-35-68-33-31-55-50(62)41-69-36-34-67-32-21-24-45(57)28-27-44(52(65)66)38-46(58)23-17-15-13-11-9-7-5-6-8-10-12-14-16-18-25-51(63)64;;/h43-44H,5-41H2,1-4H3,(H,54,61)(H,55,62)(H,63,64)(H,65,66);2*1H/t43-,44-;;/m1../s1. The maximum Gasteiger partial charge on any atom is 0.306 e. The zero-order valence-electron chi connectivity index (χ0n) is 43.5. The van der Waals surface area contributed by atoms with Gasteiger partial charge in [-0.05, 0) is 45.4 Å². The molecule has 2 amide bonds. The zero-order chi connectivity index (χ0) is 52.3. The van der Waals surface area contributed by atoms with Gasteiger partial charge in [-0.3, -0.25) is 38.4 Å². The molecule has 0 aromatic rings. The maximum absolute atomic E-state index is 12.7. The van der Waals surface area contributed by atoms with Gasteiger partial charge in [0.1, 0.15) is 42.1 Å². The number of aliphatic carboxylic acids is 2. The van der Waals surface area contributed by atoms with E-state index in [-0.39, 0.29) is 148 Å². The third-order valence-electron chi connectivity index (χ3n) is 12.0. The molecule has 0 aliphatic heterocycles. The van der Waals surface area contributed by atoms with E-state index in [1.807, 2.05) is 20.8 Å². The van der Waals surface area contributed by atoms with Crippen molar-refractivity contribution in [2.75, 3.05) is 65.9 Å². The summed E-state index contributed by atoms with van der Waals surface area (Å²) in [7, 11) is 0. The molecule has 17 nitrogen and oxygen atoms in total. The van der Waals surface area contributed by atoms with E-state index in [9.17, 15) is 48.3 Å². The van der Waals surface area contributed by atoms with E-state index >= 15 is 0 Å². The fourth-order valence-electron chi connectivity index (χ4n) is 7.53. The highest BCUT2D eigenvalue weighted by Crippen LogP contribution is 2.25. The molecule has 70 heavy (non-hydrogen) atoms. The van der Waals surface area contributed by atoms with Crippen molar-refractivity contribution >= 4 is 52.7 Å². The van der Waals surface area contributed by atoms with Gasteiger partial charge in [-0.15, -0.1) is 0 Å². The second kappa shape index (κ2) is 43.8. The Morgan fingerprint density at radius 3 is 1.46 bits per heavy atom. The number of nitrogens with one attached hydrogen (secondary N) is 2. The fourth-order valence-corrected chi connectivity index (χ4v) is 7.53. The monoisotopic (exact) mass is 1000 g/mol. The minimum absolute atomic E-state index is 0. The molecule has 0 heterocycles. The van der Waals surface area contributed by atoms with E-state index in [4.69, 9.17) is 24.1 Å². The van der Waals surface area contributed by atoms with Crippen LogP contribution in [0.2, 0.25) is 0 Å². The van der Waals surface area contributed by atoms with E-state index in [1.54, 1.807) is 0 Å². The first-order valence-electron chi connectivity index (χ1n) is 26.3. The van der Waals surface area contributed by atoms with E-state index in [0.717, 1.165) is 44.9 Å². The van der Waals surface area contributed by atoms with E-state index in [0.29, 0.717) is 45.3 Å². The molecule has 0 unspecified atom stereocenters. The average molecular weight is 1000 g/mol. The van der Waals surface area contributed by atoms with Crippen LogP contribution in [0.1, 0.15) is 204 Å². The summed E-state index contributed by atoms with van der Waals surface area (Å²) in [6.07, 6.45) is 19.1. The van der Waals surface area contributed by atoms with Gasteiger partial charge >= 0.3 is 11.9 Å². The molecule has 0 bridgehead atoms. The highest BCUT2D eigenvalue weighted by molar-refractivity contribution is 5.92. The second-order valence-corrected chi connectivity index (χ2v) is 19.6. The maximum atomic E-state index is 12.7. The third-order valence-corrected chi connectivity index (χ3v) is 12.0. The third kappa shape index (κ3) is 42.9. The predicted molar refractivity (Wildman–Crippen MR) is 271 cm³/mol. The summed E-state index contributed by atoms with van der Waals surface area (Å²) in [6, 6.07) is 0. The van der Waals surface area contributed by atoms with E-state index in [1.165, 1.54) is 51.9 Å². The molecule has 17 heteroatoms. The van der Waals surface area contributed by atoms with Crippen molar-refractivity contribution in [3.63, 3.8) is 0 Å². The van der Waals surface area contributed by atoms with Crippen LogP contribution in [0.4, 0.5) is 0 Å². The van der Waals surface area contributed by atoms with Crippen LogP contribution in [0.25, 0.3) is 0 Å². The topological polar surface area (TPSA) is 255 Å². The quantitative estimate of drug-likeness (QED) is 0.0416.